The lowest BCUT2D eigenvalue weighted by molar-refractivity contribution is -0.0704. The Labute approximate surface area is 120 Å². The highest BCUT2D eigenvalue weighted by molar-refractivity contribution is 7.80. The summed E-state index contributed by atoms with van der Waals surface area (Å²) in [7, 11) is 0. The standard InChI is InChI=1S/C15H22N2OS/c1-11-8-17(9-12(2)18-11)10-14-5-3-4-13(6-14)7-15(16)19/h3-6,11-12H,7-10H2,1-2H3,(H2,16,19). The van der Waals surface area contributed by atoms with Gasteiger partial charge in [0.25, 0.3) is 0 Å². The largest absolute Gasteiger partial charge is 0.393 e. The molecule has 4 heteroatoms. The minimum atomic E-state index is 0.309. The monoisotopic (exact) mass is 278 g/mol. The van der Waals surface area contributed by atoms with Gasteiger partial charge in [0, 0.05) is 26.1 Å². The van der Waals surface area contributed by atoms with Crippen LogP contribution < -0.4 is 5.73 Å². The maximum absolute atomic E-state index is 5.76. The maximum Gasteiger partial charge on any atom is 0.0771 e. The van der Waals surface area contributed by atoms with E-state index in [2.05, 4.69) is 43.0 Å². The van der Waals surface area contributed by atoms with Crippen LogP contribution in [0.1, 0.15) is 25.0 Å². The molecular formula is C15H22N2OS. The molecule has 0 aromatic heterocycles. The zero-order valence-electron chi connectivity index (χ0n) is 11.6. The van der Waals surface area contributed by atoms with Crippen LogP contribution in [0.2, 0.25) is 0 Å². The third kappa shape index (κ3) is 4.56. The van der Waals surface area contributed by atoms with Gasteiger partial charge < -0.3 is 10.5 Å². The second-order valence-corrected chi connectivity index (χ2v) is 5.94. The van der Waals surface area contributed by atoms with Crippen molar-refractivity contribution in [1.82, 2.24) is 4.90 Å². The molecule has 1 aromatic rings. The van der Waals surface area contributed by atoms with Gasteiger partial charge in [-0.05, 0) is 25.0 Å². The fourth-order valence-electron chi connectivity index (χ4n) is 2.71. The lowest BCUT2D eigenvalue weighted by Crippen LogP contribution is -2.44. The number of thiocarbonyl (C=S) groups is 1. The van der Waals surface area contributed by atoms with E-state index in [1.54, 1.807) is 0 Å². The van der Waals surface area contributed by atoms with Gasteiger partial charge in [-0.3, -0.25) is 4.90 Å². The van der Waals surface area contributed by atoms with Crippen LogP contribution in [0.25, 0.3) is 0 Å². The number of nitrogens with zero attached hydrogens (tertiary/aromatic N) is 1. The SMILES string of the molecule is CC1CN(Cc2cccc(CC(N)=S)c2)CC(C)O1. The van der Waals surface area contributed by atoms with Crippen molar-refractivity contribution in [1.29, 1.82) is 0 Å². The van der Waals surface area contributed by atoms with Gasteiger partial charge in [-0.1, -0.05) is 36.5 Å². The highest BCUT2D eigenvalue weighted by atomic mass is 32.1. The fourth-order valence-corrected chi connectivity index (χ4v) is 2.88. The van der Waals surface area contributed by atoms with Crippen LogP contribution in [0.15, 0.2) is 24.3 Å². The summed E-state index contributed by atoms with van der Waals surface area (Å²) in [4.78, 5) is 2.99. The number of hydrogen-bond acceptors (Lipinski definition) is 3. The Morgan fingerprint density at radius 2 is 1.95 bits per heavy atom. The molecule has 19 heavy (non-hydrogen) atoms. The Kier molecular flexibility index (Phi) is 4.91. The highest BCUT2D eigenvalue weighted by Crippen LogP contribution is 2.15. The Balaban J connectivity index is 2.00. The van der Waals surface area contributed by atoms with Crippen LogP contribution in [0.4, 0.5) is 0 Å². The Morgan fingerprint density at radius 1 is 1.32 bits per heavy atom. The van der Waals surface area contributed by atoms with Crippen molar-refractivity contribution >= 4 is 17.2 Å². The molecule has 2 unspecified atom stereocenters. The summed E-state index contributed by atoms with van der Waals surface area (Å²) in [6, 6.07) is 8.52. The van der Waals surface area contributed by atoms with E-state index in [-0.39, 0.29) is 0 Å². The first-order chi connectivity index (χ1) is 9.02. The van der Waals surface area contributed by atoms with Crippen molar-refractivity contribution < 1.29 is 4.74 Å². The summed E-state index contributed by atoms with van der Waals surface area (Å²) in [6.07, 6.45) is 1.30. The summed E-state index contributed by atoms with van der Waals surface area (Å²) in [5.74, 6) is 0. The molecule has 3 nitrogen and oxygen atoms in total. The molecule has 0 spiro atoms. The summed E-state index contributed by atoms with van der Waals surface area (Å²) in [5, 5.41) is 0. The first-order valence-electron chi connectivity index (χ1n) is 6.77. The minimum Gasteiger partial charge on any atom is -0.393 e. The topological polar surface area (TPSA) is 38.5 Å². The Morgan fingerprint density at radius 3 is 2.58 bits per heavy atom. The summed E-state index contributed by atoms with van der Waals surface area (Å²) in [6.45, 7) is 7.20. The number of morpholine rings is 1. The molecule has 0 bridgehead atoms. The molecular weight excluding hydrogens is 256 g/mol. The van der Waals surface area contributed by atoms with E-state index in [4.69, 9.17) is 22.7 Å². The molecule has 1 aromatic carbocycles. The predicted octanol–water partition coefficient (Wildman–Crippen LogP) is 2.12. The molecule has 0 aliphatic carbocycles. The molecule has 2 N–H and O–H groups in total. The van der Waals surface area contributed by atoms with Gasteiger partial charge in [0.15, 0.2) is 0 Å². The van der Waals surface area contributed by atoms with Gasteiger partial charge in [0.05, 0.1) is 17.2 Å². The van der Waals surface area contributed by atoms with Crippen molar-refractivity contribution in [3.8, 4) is 0 Å². The van der Waals surface area contributed by atoms with E-state index in [9.17, 15) is 0 Å². The van der Waals surface area contributed by atoms with E-state index >= 15 is 0 Å². The van der Waals surface area contributed by atoms with E-state index in [0.717, 1.165) is 19.6 Å². The quantitative estimate of drug-likeness (QED) is 0.856. The smallest absolute Gasteiger partial charge is 0.0771 e. The second kappa shape index (κ2) is 6.46. The van der Waals surface area contributed by atoms with Crippen LogP contribution in [0.3, 0.4) is 0 Å². The van der Waals surface area contributed by atoms with Gasteiger partial charge >= 0.3 is 0 Å². The molecule has 0 saturated carbocycles. The molecule has 2 atom stereocenters. The van der Waals surface area contributed by atoms with Gasteiger partial charge in [-0.15, -0.1) is 0 Å². The van der Waals surface area contributed by atoms with Gasteiger partial charge in [-0.2, -0.15) is 0 Å². The van der Waals surface area contributed by atoms with Crippen molar-refractivity contribution in [2.75, 3.05) is 13.1 Å². The number of ether oxygens (including phenoxy) is 1. The lowest BCUT2D eigenvalue weighted by Gasteiger charge is -2.35. The lowest BCUT2D eigenvalue weighted by atomic mass is 10.1. The van der Waals surface area contributed by atoms with Crippen LogP contribution >= 0.6 is 12.2 Å². The van der Waals surface area contributed by atoms with Crippen molar-refractivity contribution in [3.63, 3.8) is 0 Å². The van der Waals surface area contributed by atoms with Crippen LogP contribution in [-0.2, 0) is 17.7 Å². The number of nitrogens with two attached hydrogens (primary N) is 1. The van der Waals surface area contributed by atoms with Crippen molar-refractivity contribution in [2.24, 2.45) is 5.73 Å². The first kappa shape index (κ1) is 14.4. The molecule has 2 rings (SSSR count). The molecule has 1 saturated heterocycles. The zero-order valence-corrected chi connectivity index (χ0v) is 12.5. The van der Waals surface area contributed by atoms with Crippen molar-refractivity contribution in [3.05, 3.63) is 35.4 Å². The molecule has 1 heterocycles. The fraction of sp³-hybridized carbons (Fsp3) is 0.533. The summed E-state index contributed by atoms with van der Waals surface area (Å²) >= 11 is 4.96. The van der Waals surface area contributed by atoms with E-state index in [1.165, 1.54) is 11.1 Å². The van der Waals surface area contributed by atoms with Gasteiger partial charge in [0.2, 0.25) is 0 Å². The third-order valence-electron chi connectivity index (χ3n) is 3.27. The second-order valence-electron chi connectivity index (χ2n) is 5.41. The number of benzene rings is 1. The summed E-state index contributed by atoms with van der Waals surface area (Å²) < 4.78 is 5.76. The Hall–Kier alpha value is -0.970. The molecule has 104 valence electrons. The normalized spacial score (nSPS) is 24.3. The Bertz CT molecular complexity index is 440. The van der Waals surface area contributed by atoms with E-state index in [0.29, 0.717) is 23.6 Å². The van der Waals surface area contributed by atoms with Crippen molar-refractivity contribution in [2.45, 2.75) is 39.0 Å². The van der Waals surface area contributed by atoms with E-state index < -0.39 is 0 Å². The molecule has 1 fully saturated rings. The van der Waals surface area contributed by atoms with Crippen LogP contribution in [0, 0.1) is 0 Å². The zero-order chi connectivity index (χ0) is 13.8. The highest BCUT2D eigenvalue weighted by Gasteiger charge is 2.21. The minimum absolute atomic E-state index is 0.309. The van der Waals surface area contributed by atoms with Gasteiger partial charge in [0.1, 0.15) is 0 Å². The maximum atomic E-state index is 5.76. The first-order valence-corrected chi connectivity index (χ1v) is 7.17. The van der Waals surface area contributed by atoms with Gasteiger partial charge in [-0.25, -0.2) is 0 Å². The number of hydrogen-bond donors (Lipinski definition) is 1. The third-order valence-corrected chi connectivity index (χ3v) is 3.42. The van der Waals surface area contributed by atoms with Crippen LogP contribution in [0.5, 0.6) is 0 Å². The average molecular weight is 278 g/mol. The number of rotatable bonds is 4. The molecule has 0 amide bonds. The summed E-state index contributed by atoms with van der Waals surface area (Å²) in [5.41, 5.74) is 8.11. The molecule has 1 aliphatic rings. The molecule has 0 radical (unpaired) electrons. The van der Waals surface area contributed by atoms with E-state index in [1.807, 2.05) is 0 Å². The van der Waals surface area contributed by atoms with Crippen LogP contribution in [-0.4, -0.2) is 35.2 Å². The predicted molar refractivity (Wildman–Crippen MR) is 82.2 cm³/mol. The molecule has 1 aliphatic heterocycles. The average Bonchev–Trinajstić information content (AvgIpc) is 2.26.